The first kappa shape index (κ1) is 23.3. The normalized spacial score (nSPS) is 18.2. The molecule has 1 fully saturated rings. The Labute approximate surface area is 164 Å². The van der Waals surface area contributed by atoms with Gasteiger partial charge in [0.15, 0.2) is 0 Å². The molecule has 0 aromatic heterocycles. The van der Waals surface area contributed by atoms with Crippen LogP contribution in [0.25, 0.3) is 0 Å². The lowest BCUT2D eigenvalue weighted by Gasteiger charge is -2.38. The van der Waals surface area contributed by atoms with Crippen molar-refractivity contribution in [1.29, 1.82) is 0 Å². The number of hydrogen-bond donors (Lipinski definition) is 1. The molecule has 0 aromatic carbocycles. The zero-order chi connectivity index (χ0) is 19.5. The number of amides is 1. The molecule has 0 aromatic rings. The van der Waals surface area contributed by atoms with Gasteiger partial charge in [0, 0.05) is 10.5 Å². The van der Waals surface area contributed by atoms with Crippen molar-refractivity contribution in [1.82, 2.24) is 5.32 Å². The Morgan fingerprint density at radius 1 is 1.15 bits per heavy atom. The van der Waals surface area contributed by atoms with E-state index in [0.29, 0.717) is 6.42 Å². The molecule has 0 bridgehead atoms. The van der Waals surface area contributed by atoms with Crippen LogP contribution in [0.4, 0.5) is 4.79 Å². The van der Waals surface area contributed by atoms with Crippen molar-refractivity contribution in [2.45, 2.75) is 115 Å². The van der Waals surface area contributed by atoms with Gasteiger partial charge >= 0.3 is 6.09 Å². The third-order valence-electron chi connectivity index (χ3n) is 4.93. The molecule has 152 valence electrons. The van der Waals surface area contributed by atoms with E-state index >= 15 is 0 Å². The molecular formula is C21H39NO3S. The van der Waals surface area contributed by atoms with Gasteiger partial charge < -0.3 is 14.8 Å². The fourth-order valence-corrected chi connectivity index (χ4v) is 4.38. The van der Waals surface area contributed by atoms with E-state index < -0.39 is 12.1 Å². The summed E-state index contributed by atoms with van der Waals surface area (Å²) in [6.07, 6.45) is 12.1. The van der Waals surface area contributed by atoms with E-state index in [-0.39, 0.29) is 10.3 Å². The van der Waals surface area contributed by atoms with Gasteiger partial charge in [0.05, 0.1) is 6.04 Å². The smallest absolute Gasteiger partial charge is 0.408 e. The van der Waals surface area contributed by atoms with Gasteiger partial charge in [-0.05, 0) is 32.1 Å². The topological polar surface area (TPSA) is 55.4 Å². The number of rotatable bonds is 11. The van der Waals surface area contributed by atoms with Gasteiger partial charge in [0.2, 0.25) is 0 Å². The van der Waals surface area contributed by atoms with Crippen molar-refractivity contribution >= 4 is 24.1 Å². The largest absolute Gasteiger partial charge is 0.442 e. The van der Waals surface area contributed by atoms with Crippen LogP contribution in [0.15, 0.2) is 0 Å². The van der Waals surface area contributed by atoms with Crippen LogP contribution in [-0.4, -0.2) is 34.5 Å². The van der Waals surface area contributed by atoms with Gasteiger partial charge in [-0.2, -0.15) is 11.8 Å². The molecule has 1 N–H and O–H groups in total. The van der Waals surface area contributed by atoms with E-state index in [2.05, 4.69) is 33.0 Å². The van der Waals surface area contributed by atoms with Crippen LogP contribution in [0.1, 0.15) is 98.3 Å². The van der Waals surface area contributed by atoms with Crippen LogP contribution >= 0.6 is 11.8 Å². The van der Waals surface area contributed by atoms with Crippen molar-refractivity contribution in [3.8, 4) is 0 Å². The van der Waals surface area contributed by atoms with E-state index in [0.717, 1.165) is 50.6 Å². The van der Waals surface area contributed by atoms with Crippen molar-refractivity contribution in [3.05, 3.63) is 0 Å². The lowest BCUT2D eigenvalue weighted by atomic mass is 9.86. The Morgan fingerprint density at radius 2 is 1.81 bits per heavy atom. The van der Waals surface area contributed by atoms with E-state index in [4.69, 9.17) is 4.74 Å². The molecule has 0 saturated heterocycles. The number of ether oxygens (including phenoxy) is 1. The summed E-state index contributed by atoms with van der Waals surface area (Å²) < 4.78 is 6.07. The highest BCUT2D eigenvalue weighted by Gasteiger charge is 2.37. The molecule has 5 heteroatoms. The van der Waals surface area contributed by atoms with E-state index in [1.165, 1.54) is 25.7 Å². The molecule has 0 radical (unpaired) electrons. The number of hydrogen-bond acceptors (Lipinski definition) is 4. The molecule has 0 heterocycles. The average Bonchev–Trinajstić information content (AvgIpc) is 2.59. The van der Waals surface area contributed by atoms with Gasteiger partial charge in [0.25, 0.3) is 0 Å². The first-order chi connectivity index (χ1) is 12.3. The molecule has 0 aliphatic heterocycles. The monoisotopic (exact) mass is 385 g/mol. The molecular weight excluding hydrogens is 346 g/mol. The summed E-state index contributed by atoms with van der Waals surface area (Å²) in [5.41, 5.74) is -0.380. The van der Waals surface area contributed by atoms with Crippen molar-refractivity contribution < 1.29 is 14.3 Å². The molecule has 1 unspecified atom stereocenters. The molecule has 1 aliphatic carbocycles. The Hall–Kier alpha value is -0.710. The highest BCUT2D eigenvalue weighted by atomic mass is 32.2. The first-order valence-corrected chi connectivity index (χ1v) is 11.4. The standard InChI is InChI=1S/C21H39NO3S/c1-5-6-7-8-10-13-18(16-23)22-19(24)25-21(14-11-9-12-15-21)17-26-20(2,3)4/h16,18H,5-15,17H2,1-4H3,(H,22,24). The fourth-order valence-electron chi connectivity index (χ4n) is 3.34. The minimum absolute atomic E-state index is 0.147. The Balaban J connectivity index is 2.49. The lowest BCUT2D eigenvalue weighted by Crippen LogP contribution is -2.46. The van der Waals surface area contributed by atoms with Crippen molar-refractivity contribution in [2.24, 2.45) is 0 Å². The summed E-state index contributed by atoms with van der Waals surface area (Å²) in [6.45, 7) is 8.75. The SMILES string of the molecule is CCCCCCCC(C=O)NC(=O)OC1(CSC(C)(C)C)CCCCC1. The Bertz CT molecular complexity index is 414. The third-order valence-corrected chi connectivity index (χ3v) is 6.46. The highest BCUT2D eigenvalue weighted by Crippen LogP contribution is 2.38. The maximum absolute atomic E-state index is 12.4. The van der Waals surface area contributed by atoms with Crippen molar-refractivity contribution in [3.63, 3.8) is 0 Å². The summed E-state index contributed by atoms with van der Waals surface area (Å²) in [4.78, 5) is 23.8. The minimum Gasteiger partial charge on any atom is -0.442 e. The van der Waals surface area contributed by atoms with Crippen LogP contribution in [0, 0.1) is 0 Å². The second kappa shape index (κ2) is 11.9. The van der Waals surface area contributed by atoms with Gasteiger partial charge in [-0.25, -0.2) is 4.79 Å². The Morgan fingerprint density at radius 3 is 2.38 bits per heavy atom. The zero-order valence-electron chi connectivity index (χ0n) is 17.3. The van der Waals surface area contributed by atoms with Gasteiger partial charge in [-0.15, -0.1) is 0 Å². The lowest BCUT2D eigenvalue weighted by molar-refractivity contribution is -0.109. The van der Waals surface area contributed by atoms with Crippen LogP contribution in [0.5, 0.6) is 0 Å². The predicted octanol–water partition coefficient (Wildman–Crippen LogP) is 5.88. The quantitative estimate of drug-likeness (QED) is 0.357. The van der Waals surface area contributed by atoms with Crippen LogP contribution in [0.3, 0.4) is 0 Å². The van der Waals surface area contributed by atoms with E-state index in [1.54, 1.807) is 0 Å². The number of thioether (sulfide) groups is 1. The summed E-state index contributed by atoms with van der Waals surface area (Å²) in [5.74, 6) is 0.826. The molecule has 0 spiro atoms. The fraction of sp³-hybridized carbons (Fsp3) is 0.905. The molecule has 26 heavy (non-hydrogen) atoms. The van der Waals surface area contributed by atoms with Crippen LogP contribution in [0.2, 0.25) is 0 Å². The molecule has 1 saturated carbocycles. The maximum Gasteiger partial charge on any atom is 0.408 e. The van der Waals surface area contributed by atoms with Crippen molar-refractivity contribution in [2.75, 3.05) is 5.75 Å². The van der Waals surface area contributed by atoms with Gasteiger partial charge in [-0.1, -0.05) is 66.2 Å². The molecule has 1 atom stereocenters. The summed E-state index contributed by atoms with van der Waals surface area (Å²) in [5, 5.41) is 2.79. The van der Waals surface area contributed by atoms with E-state index in [1.807, 2.05) is 11.8 Å². The summed E-state index contributed by atoms with van der Waals surface area (Å²) >= 11 is 1.85. The molecule has 1 rings (SSSR count). The minimum atomic E-state index is -0.431. The number of nitrogens with one attached hydrogen (secondary N) is 1. The number of alkyl carbamates (subject to hydrolysis) is 1. The second-order valence-electron chi connectivity index (χ2n) is 8.62. The third kappa shape index (κ3) is 9.84. The highest BCUT2D eigenvalue weighted by molar-refractivity contribution is 8.00. The Kier molecular flexibility index (Phi) is 10.7. The predicted molar refractivity (Wildman–Crippen MR) is 111 cm³/mol. The number of unbranched alkanes of at least 4 members (excludes halogenated alkanes) is 4. The van der Waals surface area contributed by atoms with Gasteiger partial charge in [0.1, 0.15) is 11.9 Å². The zero-order valence-corrected chi connectivity index (χ0v) is 18.1. The number of carbonyl (C=O) groups excluding carboxylic acids is 2. The number of aldehydes is 1. The van der Waals surface area contributed by atoms with Gasteiger partial charge in [-0.3, -0.25) is 0 Å². The first-order valence-electron chi connectivity index (χ1n) is 10.4. The molecule has 1 amide bonds. The van der Waals surface area contributed by atoms with Crippen LogP contribution < -0.4 is 5.32 Å². The van der Waals surface area contributed by atoms with Crippen LogP contribution in [-0.2, 0) is 9.53 Å². The number of carbonyl (C=O) groups is 2. The maximum atomic E-state index is 12.4. The average molecular weight is 386 g/mol. The summed E-state index contributed by atoms with van der Waals surface area (Å²) in [7, 11) is 0. The van der Waals surface area contributed by atoms with E-state index in [9.17, 15) is 9.59 Å². The molecule has 1 aliphatic rings. The molecule has 4 nitrogen and oxygen atoms in total. The summed E-state index contributed by atoms with van der Waals surface area (Å²) in [6, 6.07) is -0.431. The second-order valence-corrected chi connectivity index (χ2v) is 10.4.